The third-order valence-electron chi connectivity index (χ3n) is 8.43. The number of carbonyl (C=O) groups excluding carboxylic acids is 2. The van der Waals surface area contributed by atoms with Crippen molar-refractivity contribution in [1.82, 2.24) is 9.91 Å². The zero-order chi connectivity index (χ0) is 28.4. The van der Waals surface area contributed by atoms with Crippen LogP contribution in [0.5, 0.6) is 11.5 Å². The van der Waals surface area contributed by atoms with Gasteiger partial charge in [0.25, 0.3) is 0 Å². The number of methoxy groups -OCH3 is 2. The number of benzene rings is 2. The lowest BCUT2D eigenvalue weighted by atomic mass is 9.73. The fourth-order valence-corrected chi connectivity index (χ4v) is 6.27. The molecule has 0 spiro atoms. The van der Waals surface area contributed by atoms with E-state index >= 15 is 0 Å². The van der Waals surface area contributed by atoms with Crippen molar-refractivity contribution >= 4 is 29.9 Å². The predicted molar refractivity (Wildman–Crippen MR) is 153 cm³/mol. The molecule has 0 radical (unpaired) electrons. The standard InChI is InChI=1S/C30H36F2N4O4.ClH/c1-39-26-10-8-19(17-27(26)40-2)28-21-5-3-4-6-22(21)29(37)36(34-28)20-11-13-35(14-12-20)30(38)25(33)16-18-7-9-23(31)24(32)15-18;/h7-10,15,17,20-22,25H,3-6,11-14,16,33H2,1-2H3;1H/t21-,22+,25+;/m0./s1. The van der Waals surface area contributed by atoms with Crippen molar-refractivity contribution in [1.29, 1.82) is 0 Å². The zero-order valence-electron chi connectivity index (χ0n) is 23.4. The number of halogens is 3. The van der Waals surface area contributed by atoms with E-state index in [1.165, 1.54) is 6.07 Å². The van der Waals surface area contributed by atoms with Crippen LogP contribution < -0.4 is 15.2 Å². The van der Waals surface area contributed by atoms with E-state index in [4.69, 9.17) is 20.3 Å². The number of hydrazone groups is 1. The largest absolute Gasteiger partial charge is 0.493 e. The summed E-state index contributed by atoms with van der Waals surface area (Å²) < 4.78 is 37.8. The highest BCUT2D eigenvalue weighted by molar-refractivity contribution is 6.07. The zero-order valence-corrected chi connectivity index (χ0v) is 24.2. The molecule has 3 aliphatic rings. The summed E-state index contributed by atoms with van der Waals surface area (Å²) in [7, 11) is 3.20. The van der Waals surface area contributed by atoms with Crippen molar-refractivity contribution in [2.24, 2.45) is 22.7 Å². The molecule has 8 nitrogen and oxygen atoms in total. The van der Waals surface area contributed by atoms with Crippen LogP contribution >= 0.6 is 12.4 Å². The summed E-state index contributed by atoms with van der Waals surface area (Å²) in [5.74, 6) is -0.874. The minimum absolute atomic E-state index is 0. The Morgan fingerprint density at radius 3 is 2.32 bits per heavy atom. The molecule has 1 saturated carbocycles. The molecule has 2 amide bonds. The van der Waals surface area contributed by atoms with Gasteiger partial charge in [0.15, 0.2) is 23.1 Å². The van der Waals surface area contributed by atoms with Crippen LogP contribution in [0.25, 0.3) is 0 Å². The smallest absolute Gasteiger partial charge is 0.246 e. The first kappa shape index (κ1) is 30.7. The molecule has 2 aromatic rings. The third-order valence-corrected chi connectivity index (χ3v) is 8.43. The molecule has 2 fully saturated rings. The molecule has 5 rings (SSSR count). The lowest BCUT2D eigenvalue weighted by Gasteiger charge is -2.43. The maximum Gasteiger partial charge on any atom is 0.246 e. The molecule has 2 aromatic carbocycles. The Hall–Kier alpha value is -3.24. The molecule has 222 valence electrons. The van der Waals surface area contributed by atoms with Crippen LogP contribution in [0.3, 0.4) is 0 Å². The lowest BCUT2D eigenvalue weighted by Crippen LogP contribution is -2.54. The summed E-state index contributed by atoms with van der Waals surface area (Å²) in [6.45, 7) is 0.877. The van der Waals surface area contributed by atoms with Crippen LogP contribution in [0, 0.1) is 23.5 Å². The summed E-state index contributed by atoms with van der Waals surface area (Å²) >= 11 is 0. The second-order valence-electron chi connectivity index (χ2n) is 10.9. The molecule has 3 atom stereocenters. The molecule has 11 heteroatoms. The van der Waals surface area contributed by atoms with Gasteiger partial charge in [0.05, 0.1) is 32.0 Å². The van der Waals surface area contributed by atoms with Gasteiger partial charge in [-0.1, -0.05) is 18.9 Å². The molecular formula is C30H37ClF2N4O4. The third kappa shape index (κ3) is 6.33. The van der Waals surface area contributed by atoms with Gasteiger partial charge < -0.3 is 20.1 Å². The fourth-order valence-electron chi connectivity index (χ4n) is 6.27. The van der Waals surface area contributed by atoms with Gasteiger partial charge in [-0.15, -0.1) is 12.4 Å². The Morgan fingerprint density at radius 1 is 0.976 bits per heavy atom. The Bertz CT molecular complexity index is 1300. The number of hydrogen-bond acceptors (Lipinski definition) is 6. The van der Waals surface area contributed by atoms with E-state index in [1.54, 1.807) is 24.1 Å². The van der Waals surface area contributed by atoms with Crippen molar-refractivity contribution in [3.05, 3.63) is 59.2 Å². The molecule has 2 N–H and O–H groups in total. The molecule has 2 heterocycles. The quantitative estimate of drug-likeness (QED) is 0.518. The van der Waals surface area contributed by atoms with Crippen LogP contribution in [0.2, 0.25) is 0 Å². The molecule has 1 saturated heterocycles. The molecule has 0 bridgehead atoms. The summed E-state index contributed by atoms with van der Waals surface area (Å²) in [5, 5.41) is 6.63. The number of amides is 2. The average molecular weight is 591 g/mol. The van der Waals surface area contributed by atoms with Crippen molar-refractivity contribution in [2.75, 3.05) is 27.3 Å². The molecule has 0 unspecified atom stereocenters. The summed E-state index contributed by atoms with van der Waals surface area (Å²) in [6, 6.07) is 8.31. The minimum Gasteiger partial charge on any atom is -0.493 e. The van der Waals surface area contributed by atoms with E-state index in [9.17, 15) is 18.4 Å². The van der Waals surface area contributed by atoms with Gasteiger partial charge in [0, 0.05) is 30.5 Å². The second kappa shape index (κ2) is 13.2. The van der Waals surface area contributed by atoms with Gasteiger partial charge in [0.2, 0.25) is 11.8 Å². The number of likely N-dealkylation sites (tertiary alicyclic amines) is 1. The van der Waals surface area contributed by atoms with Gasteiger partial charge in [-0.05, 0) is 68.0 Å². The van der Waals surface area contributed by atoms with Crippen molar-refractivity contribution in [3.63, 3.8) is 0 Å². The Kier molecular flexibility index (Phi) is 9.86. The van der Waals surface area contributed by atoms with Gasteiger partial charge in [-0.25, -0.2) is 13.8 Å². The van der Waals surface area contributed by atoms with E-state index in [1.807, 2.05) is 18.2 Å². The van der Waals surface area contributed by atoms with E-state index in [0.29, 0.717) is 43.0 Å². The molecule has 0 aromatic heterocycles. The number of ether oxygens (including phenoxy) is 2. The first-order chi connectivity index (χ1) is 19.3. The minimum atomic E-state index is -0.961. The number of carbonyl (C=O) groups is 2. The van der Waals surface area contributed by atoms with Crippen molar-refractivity contribution in [3.8, 4) is 11.5 Å². The maximum atomic E-state index is 13.7. The lowest BCUT2D eigenvalue weighted by molar-refractivity contribution is -0.143. The van der Waals surface area contributed by atoms with Gasteiger partial charge in [-0.3, -0.25) is 9.59 Å². The van der Waals surface area contributed by atoms with Crippen LogP contribution in [-0.4, -0.2) is 66.8 Å². The van der Waals surface area contributed by atoms with E-state index in [0.717, 1.165) is 49.1 Å². The fraction of sp³-hybridized carbons (Fsp3) is 0.500. The van der Waals surface area contributed by atoms with Gasteiger partial charge >= 0.3 is 0 Å². The van der Waals surface area contributed by atoms with Crippen molar-refractivity contribution < 1.29 is 27.8 Å². The highest BCUT2D eigenvalue weighted by Crippen LogP contribution is 2.40. The number of hydrogen-bond donors (Lipinski definition) is 1. The number of fused-ring (bicyclic) bond motifs is 1. The summed E-state index contributed by atoms with van der Waals surface area (Å²) in [4.78, 5) is 28.4. The first-order valence-electron chi connectivity index (χ1n) is 13.9. The number of rotatable bonds is 7. The molecule has 41 heavy (non-hydrogen) atoms. The van der Waals surface area contributed by atoms with Gasteiger partial charge in [-0.2, -0.15) is 5.10 Å². The van der Waals surface area contributed by atoms with Crippen LogP contribution in [0.15, 0.2) is 41.5 Å². The maximum absolute atomic E-state index is 13.7. The summed E-state index contributed by atoms with van der Waals surface area (Å²) in [5.41, 5.74) is 8.44. The van der Waals surface area contributed by atoms with Gasteiger partial charge in [0.1, 0.15) is 0 Å². The summed E-state index contributed by atoms with van der Waals surface area (Å²) in [6.07, 6.45) is 5.10. The molecule has 2 aliphatic heterocycles. The first-order valence-corrected chi connectivity index (χ1v) is 13.9. The highest BCUT2D eigenvalue weighted by atomic mass is 35.5. The Labute approximate surface area is 245 Å². The second-order valence-corrected chi connectivity index (χ2v) is 10.9. The molecular weight excluding hydrogens is 554 g/mol. The number of nitrogens with two attached hydrogens (primary N) is 1. The topological polar surface area (TPSA) is 97.5 Å². The van der Waals surface area contributed by atoms with Crippen LogP contribution in [-0.2, 0) is 16.0 Å². The van der Waals surface area contributed by atoms with E-state index in [-0.39, 0.29) is 48.5 Å². The highest BCUT2D eigenvalue weighted by Gasteiger charge is 2.44. The van der Waals surface area contributed by atoms with E-state index in [2.05, 4.69) is 0 Å². The monoisotopic (exact) mass is 590 g/mol. The number of nitrogens with zero attached hydrogens (tertiary/aromatic N) is 3. The average Bonchev–Trinajstić information content (AvgIpc) is 2.98. The Morgan fingerprint density at radius 2 is 1.66 bits per heavy atom. The normalized spacial score (nSPS) is 21.9. The number of piperidine rings is 1. The van der Waals surface area contributed by atoms with Crippen LogP contribution in [0.1, 0.15) is 49.7 Å². The van der Waals surface area contributed by atoms with Crippen molar-refractivity contribution in [2.45, 2.75) is 57.0 Å². The predicted octanol–water partition coefficient (Wildman–Crippen LogP) is 4.32. The van der Waals surface area contributed by atoms with Crippen LogP contribution in [0.4, 0.5) is 8.78 Å². The molecule has 1 aliphatic carbocycles. The SMILES string of the molecule is COc1ccc(C2=NN(C3CCN(C(=O)[C@H](N)Cc4ccc(F)c(F)c4)CC3)C(=O)[C@@H]3CCCC[C@H]23)cc1OC.Cl. The van der Waals surface area contributed by atoms with E-state index < -0.39 is 17.7 Å². The Balaban J connectivity index is 0.00000387.